The molecule has 7 heteroatoms. The second kappa shape index (κ2) is 17.9. The highest BCUT2D eigenvalue weighted by molar-refractivity contribution is 5.96. The molecule has 3 aromatic rings. The van der Waals surface area contributed by atoms with Crippen molar-refractivity contribution in [3.8, 4) is 17.2 Å². The molecule has 0 bridgehead atoms. The van der Waals surface area contributed by atoms with E-state index >= 15 is 0 Å². The average Bonchev–Trinajstić information content (AvgIpc) is 3.07. The van der Waals surface area contributed by atoms with Crippen molar-refractivity contribution in [3.05, 3.63) is 62.8 Å². The first-order chi connectivity index (χ1) is 23.3. The largest absolute Gasteiger partial charge is 0.507 e. The van der Waals surface area contributed by atoms with Crippen LogP contribution in [0.25, 0.3) is 21.9 Å². The first kappa shape index (κ1) is 36.0. The van der Waals surface area contributed by atoms with E-state index in [9.17, 15) is 9.90 Å². The molecular weight excluding hydrogens is 600 g/mol. The number of unbranched alkanes of at least 4 members (excludes halogenated alkanes) is 2. The van der Waals surface area contributed by atoms with Crippen molar-refractivity contribution in [2.75, 3.05) is 52.5 Å². The number of hydrogen-bond acceptors (Lipinski definition) is 7. The SMILES string of the molecule is CC(C)=CCc1c(OCCCCN2CCCCC2)cc2oc3cc(OCCCCN4CCCCC4)cc(CC=C(C)C)c3c(=O)c2c1O. The molecule has 2 aliphatic heterocycles. The molecule has 0 aliphatic carbocycles. The Morgan fingerprint density at radius 2 is 1.29 bits per heavy atom. The maximum atomic E-state index is 14.2. The van der Waals surface area contributed by atoms with Crippen LogP contribution in [0.5, 0.6) is 17.2 Å². The van der Waals surface area contributed by atoms with E-state index in [4.69, 9.17) is 13.9 Å². The number of ether oxygens (including phenoxy) is 2. The smallest absolute Gasteiger partial charge is 0.204 e. The minimum Gasteiger partial charge on any atom is -0.507 e. The van der Waals surface area contributed by atoms with Crippen LogP contribution in [0, 0.1) is 0 Å². The van der Waals surface area contributed by atoms with Gasteiger partial charge in [0.2, 0.25) is 5.43 Å². The Kier molecular flexibility index (Phi) is 13.4. The third-order valence-corrected chi connectivity index (χ3v) is 9.77. The van der Waals surface area contributed by atoms with E-state index in [1.807, 2.05) is 26.0 Å². The standard InChI is InChI=1S/C41H58N2O5/c1-30(2)15-17-32-27-33(46-25-13-11-23-42-19-7-5-8-20-42)28-36-38(32)41(45)39-37(48-36)29-35(34(40(39)44)18-16-31(3)4)47-26-14-12-24-43-21-9-6-10-22-43/h15-16,27-29,44H,5-14,17-26H2,1-4H3. The van der Waals surface area contributed by atoms with Crippen LogP contribution in [0.3, 0.4) is 0 Å². The lowest BCUT2D eigenvalue weighted by molar-refractivity contribution is 0.215. The molecule has 2 saturated heterocycles. The number of allylic oxidation sites excluding steroid dienone is 4. The van der Waals surface area contributed by atoms with E-state index in [-0.39, 0.29) is 16.6 Å². The van der Waals surface area contributed by atoms with E-state index in [0.717, 1.165) is 49.9 Å². The molecule has 0 radical (unpaired) electrons. The molecule has 48 heavy (non-hydrogen) atoms. The van der Waals surface area contributed by atoms with Crippen LogP contribution >= 0.6 is 0 Å². The zero-order valence-corrected chi connectivity index (χ0v) is 30.0. The number of phenols is 1. The molecule has 3 heterocycles. The third kappa shape index (κ3) is 9.88. The van der Waals surface area contributed by atoms with Crippen molar-refractivity contribution in [2.24, 2.45) is 0 Å². The van der Waals surface area contributed by atoms with Crippen LogP contribution in [0.4, 0.5) is 0 Å². The number of aromatic hydroxyl groups is 1. The van der Waals surface area contributed by atoms with Gasteiger partial charge in [-0.25, -0.2) is 0 Å². The van der Waals surface area contributed by atoms with Crippen LogP contribution in [0.1, 0.15) is 103 Å². The Morgan fingerprint density at radius 3 is 1.90 bits per heavy atom. The highest BCUT2D eigenvalue weighted by Crippen LogP contribution is 2.38. The van der Waals surface area contributed by atoms with Gasteiger partial charge in [0, 0.05) is 17.7 Å². The average molecular weight is 659 g/mol. The molecule has 0 atom stereocenters. The van der Waals surface area contributed by atoms with Crippen LogP contribution in [-0.2, 0) is 12.8 Å². The Balaban J connectivity index is 1.40. The van der Waals surface area contributed by atoms with Gasteiger partial charge in [-0.05, 0) is 143 Å². The molecule has 0 amide bonds. The lowest BCUT2D eigenvalue weighted by atomic mass is 9.99. The van der Waals surface area contributed by atoms with Crippen molar-refractivity contribution in [1.82, 2.24) is 9.80 Å². The third-order valence-electron chi connectivity index (χ3n) is 9.77. The lowest BCUT2D eigenvalue weighted by Crippen LogP contribution is -2.30. The summed E-state index contributed by atoms with van der Waals surface area (Å²) in [7, 11) is 0. The lowest BCUT2D eigenvalue weighted by Gasteiger charge is -2.26. The second-order valence-electron chi connectivity index (χ2n) is 14.3. The molecule has 5 rings (SSSR count). The van der Waals surface area contributed by atoms with Gasteiger partial charge in [-0.3, -0.25) is 4.79 Å². The molecule has 2 fully saturated rings. The fraction of sp³-hybridized carbons (Fsp3) is 0.585. The van der Waals surface area contributed by atoms with Gasteiger partial charge in [-0.2, -0.15) is 0 Å². The zero-order valence-electron chi connectivity index (χ0n) is 30.0. The van der Waals surface area contributed by atoms with Gasteiger partial charge in [0.05, 0.1) is 18.6 Å². The number of phenolic OH excluding ortho intramolecular Hbond substituents is 1. The molecule has 262 valence electrons. The Bertz CT molecular complexity index is 1620. The number of nitrogens with zero attached hydrogens (tertiary/aromatic N) is 2. The van der Waals surface area contributed by atoms with E-state index in [1.54, 1.807) is 6.07 Å². The molecule has 2 aliphatic rings. The minimum atomic E-state index is -0.222. The van der Waals surface area contributed by atoms with Crippen LogP contribution < -0.4 is 14.9 Å². The molecule has 0 spiro atoms. The van der Waals surface area contributed by atoms with Crippen molar-refractivity contribution in [1.29, 1.82) is 0 Å². The van der Waals surface area contributed by atoms with Crippen molar-refractivity contribution < 1.29 is 19.0 Å². The topological polar surface area (TPSA) is 75.4 Å². The Hall–Kier alpha value is -3.29. The summed E-state index contributed by atoms with van der Waals surface area (Å²) in [6.45, 7) is 16.4. The number of hydrogen-bond donors (Lipinski definition) is 1. The van der Waals surface area contributed by atoms with Crippen LogP contribution in [0.15, 0.2) is 50.7 Å². The molecule has 0 unspecified atom stereocenters. The molecule has 0 saturated carbocycles. The molecule has 1 N–H and O–H groups in total. The zero-order chi connectivity index (χ0) is 33.9. The highest BCUT2D eigenvalue weighted by Gasteiger charge is 2.22. The first-order valence-electron chi connectivity index (χ1n) is 18.6. The summed E-state index contributed by atoms with van der Waals surface area (Å²) in [6, 6.07) is 5.61. The number of benzene rings is 2. The van der Waals surface area contributed by atoms with Gasteiger partial charge in [0.25, 0.3) is 0 Å². The maximum Gasteiger partial charge on any atom is 0.204 e. The molecular formula is C41H58N2O5. The van der Waals surface area contributed by atoms with Gasteiger partial charge in [-0.1, -0.05) is 36.1 Å². The summed E-state index contributed by atoms with van der Waals surface area (Å²) in [5.41, 5.74) is 4.35. The van der Waals surface area contributed by atoms with E-state index < -0.39 is 0 Å². The maximum absolute atomic E-state index is 14.2. The second-order valence-corrected chi connectivity index (χ2v) is 14.3. The number of piperidine rings is 2. The predicted octanol–water partition coefficient (Wildman–Crippen LogP) is 8.96. The quantitative estimate of drug-likeness (QED) is 0.0936. The fourth-order valence-electron chi connectivity index (χ4n) is 6.99. The Morgan fingerprint density at radius 1 is 0.729 bits per heavy atom. The summed E-state index contributed by atoms with van der Waals surface area (Å²) in [6.07, 6.45) is 17.2. The normalized spacial score (nSPS) is 15.9. The van der Waals surface area contributed by atoms with Crippen LogP contribution in [0.2, 0.25) is 0 Å². The summed E-state index contributed by atoms with van der Waals surface area (Å²) >= 11 is 0. The summed E-state index contributed by atoms with van der Waals surface area (Å²) in [5.74, 6) is 1.23. The number of fused-ring (bicyclic) bond motifs is 2. The van der Waals surface area contributed by atoms with E-state index in [1.165, 1.54) is 70.3 Å². The monoisotopic (exact) mass is 658 g/mol. The van der Waals surface area contributed by atoms with E-state index in [0.29, 0.717) is 59.7 Å². The van der Waals surface area contributed by atoms with Gasteiger partial charge in [0.15, 0.2) is 0 Å². The van der Waals surface area contributed by atoms with Crippen molar-refractivity contribution in [3.63, 3.8) is 0 Å². The summed E-state index contributed by atoms with van der Waals surface area (Å²) < 4.78 is 19.0. The summed E-state index contributed by atoms with van der Waals surface area (Å²) in [4.78, 5) is 19.3. The van der Waals surface area contributed by atoms with Crippen molar-refractivity contribution >= 4 is 21.9 Å². The van der Waals surface area contributed by atoms with Gasteiger partial charge < -0.3 is 28.8 Å². The van der Waals surface area contributed by atoms with E-state index in [2.05, 4.69) is 35.8 Å². The van der Waals surface area contributed by atoms with Crippen molar-refractivity contribution in [2.45, 2.75) is 105 Å². The highest BCUT2D eigenvalue weighted by atomic mass is 16.5. The number of likely N-dealkylation sites (tertiary alicyclic amines) is 2. The Labute approximate surface area is 287 Å². The molecule has 7 nitrogen and oxygen atoms in total. The van der Waals surface area contributed by atoms with Gasteiger partial charge in [-0.15, -0.1) is 0 Å². The first-order valence-corrected chi connectivity index (χ1v) is 18.6. The summed E-state index contributed by atoms with van der Waals surface area (Å²) in [5, 5.41) is 12.4. The molecule has 2 aromatic carbocycles. The fourth-order valence-corrected chi connectivity index (χ4v) is 6.99. The van der Waals surface area contributed by atoms with Crippen LogP contribution in [-0.4, -0.2) is 67.4 Å². The van der Waals surface area contributed by atoms with Gasteiger partial charge in [0.1, 0.15) is 33.8 Å². The molecule has 1 aromatic heterocycles. The minimum absolute atomic E-state index is 0.0498. The predicted molar refractivity (Wildman–Crippen MR) is 198 cm³/mol. The number of rotatable bonds is 16. The van der Waals surface area contributed by atoms with Gasteiger partial charge >= 0.3 is 0 Å².